The van der Waals surface area contributed by atoms with E-state index in [-0.39, 0.29) is 24.1 Å². The number of carbonyl (C=O) groups is 1. The molecule has 1 N–H and O–H groups in total. The smallest absolute Gasteiger partial charge is 0.487 e. The van der Waals surface area contributed by atoms with E-state index in [1.807, 2.05) is 36.0 Å². The van der Waals surface area contributed by atoms with Gasteiger partial charge in [-0.2, -0.15) is 5.10 Å². The molecule has 2 heterocycles. The van der Waals surface area contributed by atoms with Crippen molar-refractivity contribution < 1.29 is 32.5 Å². The van der Waals surface area contributed by atoms with E-state index >= 15 is 0 Å². The average molecular weight is 563 g/mol. The van der Waals surface area contributed by atoms with Gasteiger partial charge in [0.05, 0.1) is 29.2 Å². The molecule has 0 radical (unpaired) electrons. The minimum atomic E-state index is -4.84. The van der Waals surface area contributed by atoms with Crippen molar-refractivity contribution in [2.45, 2.75) is 51.1 Å². The second-order valence-corrected chi connectivity index (χ2v) is 10.0. The minimum absolute atomic E-state index is 0.0885. The molecule has 39 heavy (non-hydrogen) atoms. The number of hydrogen-bond donors (Lipinski definition) is 1. The standard InChI is InChI=1S/C27H26ClF3N4O4/c1-34-11-10-17(33-34)15-38-18-8-9-23-24(13-18)35(25(32-23)20-4-2-3-5-21(20)26(36)37)14-16-6-7-19(12-22(16)28)39-27(29,30)31/h6-13,20-21H,2-5,14-15H2,1H3,(H,36,37). The number of carboxylic acid groups (broad SMARTS) is 1. The summed E-state index contributed by atoms with van der Waals surface area (Å²) in [6.07, 6.45) is -0.106. The van der Waals surface area contributed by atoms with Crippen LogP contribution in [0.3, 0.4) is 0 Å². The Hall–Kier alpha value is -3.73. The molecule has 0 saturated heterocycles. The Bertz CT molecular complexity index is 1500. The molecule has 2 atom stereocenters. The number of carboxylic acids is 1. The maximum Gasteiger partial charge on any atom is 0.573 e. The fraction of sp³-hybridized carbons (Fsp3) is 0.370. The van der Waals surface area contributed by atoms with E-state index in [4.69, 9.17) is 21.3 Å². The Labute approximate surface area is 226 Å². The molecule has 5 rings (SSSR count). The average Bonchev–Trinajstić information content (AvgIpc) is 3.46. The molecular weight excluding hydrogens is 537 g/mol. The number of benzene rings is 2. The van der Waals surface area contributed by atoms with Gasteiger partial charge in [0.25, 0.3) is 0 Å². The summed E-state index contributed by atoms with van der Waals surface area (Å²) in [6.45, 7) is 0.424. The van der Waals surface area contributed by atoms with Crippen molar-refractivity contribution in [3.63, 3.8) is 0 Å². The Morgan fingerprint density at radius 3 is 2.59 bits per heavy atom. The van der Waals surface area contributed by atoms with E-state index in [9.17, 15) is 23.1 Å². The molecule has 0 aliphatic heterocycles. The van der Waals surface area contributed by atoms with Gasteiger partial charge < -0.3 is 19.1 Å². The van der Waals surface area contributed by atoms with Crippen LogP contribution in [0.4, 0.5) is 13.2 Å². The molecule has 8 nitrogen and oxygen atoms in total. The lowest BCUT2D eigenvalue weighted by Gasteiger charge is -2.28. The molecule has 206 valence electrons. The highest BCUT2D eigenvalue weighted by Gasteiger charge is 2.36. The number of hydrogen-bond acceptors (Lipinski definition) is 5. The number of aromatic nitrogens is 4. The minimum Gasteiger partial charge on any atom is -0.487 e. The van der Waals surface area contributed by atoms with E-state index in [0.29, 0.717) is 41.0 Å². The summed E-state index contributed by atoms with van der Waals surface area (Å²) in [5, 5.41) is 14.3. The van der Waals surface area contributed by atoms with E-state index in [1.165, 1.54) is 12.1 Å². The first-order valence-corrected chi connectivity index (χ1v) is 12.8. The second-order valence-electron chi connectivity index (χ2n) is 9.61. The van der Waals surface area contributed by atoms with Crippen molar-refractivity contribution in [1.29, 1.82) is 0 Å². The third-order valence-corrected chi connectivity index (χ3v) is 7.26. The fourth-order valence-corrected chi connectivity index (χ4v) is 5.35. The van der Waals surface area contributed by atoms with Crippen LogP contribution in [0.1, 0.15) is 48.7 Å². The molecule has 2 aromatic heterocycles. The maximum atomic E-state index is 12.7. The van der Waals surface area contributed by atoms with Crippen LogP contribution in [0.25, 0.3) is 11.0 Å². The number of ether oxygens (including phenoxy) is 2. The lowest BCUT2D eigenvalue weighted by molar-refractivity contribution is -0.274. The van der Waals surface area contributed by atoms with Crippen LogP contribution in [0.5, 0.6) is 11.5 Å². The first kappa shape index (κ1) is 26.9. The number of aryl methyl sites for hydroxylation is 1. The normalized spacial score (nSPS) is 17.9. The largest absolute Gasteiger partial charge is 0.573 e. The molecule has 2 unspecified atom stereocenters. The van der Waals surface area contributed by atoms with Crippen LogP contribution >= 0.6 is 11.6 Å². The van der Waals surface area contributed by atoms with Gasteiger partial charge in [0.1, 0.15) is 23.9 Å². The molecule has 1 saturated carbocycles. The predicted molar refractivity (Wildman–Crippen MR) is 137 cm³/mol. The number of imidazole rings is 1. The Morgan fingerprint density at radius 1 is 1.13 bits per heavy atom. The quantitative estimate of drug-likeness (QED) is 0.271. The molecule has 2 aromatic carbocycles. The predicted octanol–water partition coefficient (Wildman–Crippen LogP) is 6.31. The van der Waals surface area contributed by atoms with E-state index in [1.54, 1.807) is 10.7 Å². The fourth-order valence-electron chi connectivity index (χ4n) is 5.12. The van der Waals surface area contributed by atoms with E-state index in [0.717, 1.165) is 24.6 Å². The monoisotopic (exact) mass is 562 g/mol. The Kier molecular flexibility index (Phi) is 7.44. The number of aliphatic carboxylic acids is 1. The zero-order valence-electron chi connectivity index (χ0n) is 21.0. The Balaban J connectivity index is 1.53. The topological polar surface area (TPSA) is 91.4 Å². The molecule has 1 aliphatic rings. The molecule has 1 aliphatic carbocycles. The highest BCUT2D eigenvalue weighted by atomic mass is 35.5. The lowest BCUT2D eigenvalue weighted by atomic mass is 9.78. The van der Waals surface area contributed by atoms with Gasteiger partial charge in [-0.15, -0.1) is 13.2 Å². The van der Waals surface area contributed by atoms with E-state index < -0.39 is 24.0 Å². The molecular formula is C27H26ClF3N4O4. The molecule has 1 fully saturated rings. The van der Waals surface area contributed by atoms with Gasteiger partial charge >= 0.3 is 12.3 Å². The van der Waals surface area contributed by atoms with Crippen LogP contribution in [0.2, 0.25) is 5.02 Å². The van der Waals surface area contributed by atoms with Crippen LogP contribution in [0.15, 0.2) is 48.7 Å². The van der Waals surface area contributed by atoms with Gasteiger partial charge in [0.2, 0.25) is 0 Å². The highest BCUT2D eigenvalue weighted by molar-refractivity contribution is 6.31. The highest BCUT2D eigenvalue weighted by Crippen LogP contribution is 2.40. The lowest BCUT2D eigenvalue weighted by Crippen LogP contribution is -2.27. The summed E-state index contributed by atoms with van der Waals surface area (Å²) < 4.78 is 51.6. The summed E-state index contributed by atoms with van der Waals surface area (Å²) in [5.41, 5.74) is 2.64. The number of rotatable bonds is 8. The Morgan fingerprint density at radius 2 is 1.90 bits per heavy atom. The molecule has 0 bridgehead atoms. The van der Waals surface area contributed by atoms with Crippen molar-refractivity contribution in [2.75, 3.05) is 0 Å². The van der Waals surface area contributed by atoms with Crippen molar-refractivity contribution in [3.8, 4) is 11.5 Å². The van der Waals surface area contributed by atoms with Gasteiger partial charge in [-0.25, -0.2) is 4.98 Å². The summed E-state index contributed by atoms with van der Waals surface area (Å²) in [6, 6.07) is 11.1. The van der Waals surface area contributed by atoms with Crippen molar-refractivity contribution in [3.05, 3.63) is 70.8 Å². The molecule has 12 heteroatoms. The number of alkyl halides is 3. The molecule has 0 amide bonds. The van der Waals surface area contributed by atoms with Gasteiger partial charge in [-0.05, 0) is 48.7 Å². The van der Waals surface area contributed by atoms with E-state index in [2.05, 4.69) is 9.84 Å². The third kappa shape index (κ3) is 6.13. The summed E-state index contributed by atoms with van der Waals surface area (Å²) in [7, 11) is 1.82. The van der Waals surface area contributed by atoms with Gasteiger partial charge in [0, 0.05) is 30.3 Å². The van der Waals surface area contributed by atoms with Gasteiger partial charge in [-0.1, -0.05) is 30.5 Å². The van der Waals surface area contributed by atoms with Crippen molar-refractivity contribution >= 4 is 28.6 Å². The zero-order chi connectivity index (χ0) is 27.7. The van der Waals surface area contributed by atoms with Crippen LogP contribution < -0.4 is 9.47 Å². The summed E-state index contributed by atoms with van der Waals surface area (Å²) >= 11 is 6.39. The first-order valence-electron chi connectivity index (χ1n) is 12.5. The van der Waals surface area contributed by atoms with Gasteiger partial charge in [0.15, 0.2) is 0 Å². The maximum absolute atomic E-state index is 12.7. The number of fused-ring (bicyclic) bond motifs is 1. The molecule has 4 aromatic rings. The zero-order valence-corrected chi connectivity index (χ0v) is 21.7. The van der Waals surface area contributed by atoms with Crippen LogP contribution in [-0.4, -0.2) is 36.8 Å². The third-order valence-electron chi connectivity index (χ3n) is 6.91. The SMILES string of the molecule is Cn1ccc(COc2ccc3nc(C4CCCCC4C(=O)O)n(Cc4ccc(OC(F)(F)F)cc4Cl)c3c2)n1. The number of halogens is 4. The summed E-state index contributed by atoms with van der Waals surface area (Å²) in [4.78, 5) is 16.9. The van der Waals surface area contributed by atoms with Gasteiger partial charge in [-0.3, -0.25) is 9.48 Å². The van der Waals surface area contributed by atoms with Crippen LogP contribution in [0, 0.1) is 5.92 Å². The number of nitrogens with zero attached hydrogens (tertiary/aromatic N) is 4. The van der Waals surface area contributed by atoms with Crippen molar-refractivity contribution in [1.82, 2.24) is 19.3 Å². The first-order chi connectivity index (χ1) is 18.6. The summed E-state index contributed by atoms with van der Waals surface area (Å²) in [5.74, 6) is -1.04. The molecule has 0 spiro atoms. The second kappa shape index (κ2) is 10.8. The van der Waals surface area contributed by atoms with Crippen LogP contribution in [-0.2, 0) is 25.0 Å². The van der Waals surface area contributed by atoms with Crippen molar-refractivity contribution in [2.24, 2.45) is 13.0 Å².